The van der Waals surface area contributed by atoms with Crippen LogP contribution in [0.1, 0.15) is 24.0 Å². The third-order valence-electron chi connectivity index (χ3n) is 2.61. The molecule has 0 atom stereocenters. The molecule has 0 aromatic heterocycles. The van der Waals surface area contributed by atoms with Gasteiger partial charge in [-0.2, -0.15) is 0 Å². The van der Waals surface area contributed by atoms with Crippen LogP contribution in [0.15, 0.2) is 18.2 Å². The van der Waals surface area contributed by atoms with Gasteiger partial charge in [-0.05, 0) is 23.6 Å². The maximum Gasteiger partial charge on any atom is 0.0349 e. The summed E-state index contributed by atoms with van der Waals surface area (Å²) >= 11 is 0. The second-order valence-corrected chi connectivity index (χ2v) is 3.44. The molecule has 1 aromatic carbocycles. The van der Waals surface area contributed by atoms with Crippen molar-refractivity contribution >= 4 is 5.69 Å². The molecule has 78 valence electrons. The minimum Gasteiger partial charge on any atom is -0.398 e. The summed E-state index contributed by atoms with van der Waals surface area (Å²) < 4.78 is 0. The molecule has 0 unspecified atom stereocenters. The molecular weight excluding hydrogens is 174 g/mol. The third kappa shape index (κ3) is 2.05. The average Bonchev–Trinajstić information content (AvgIpc) is 2.20. The van der Waals surface area contributed by atoms with Gasteiger partial charge in [-0.25, -0.2) is 0 Å². The second kappa shape index (κ2) is 4.98. The molecule has 0 spiro atoms. The molecule has 3 nitrogen and oxygen atoms in total. The van der Waals surface area contributed by atoms with Crippen LogP contribution >= 0.6 is 0 Å². The molecule has 0 aliphatic rings. The molecule has 14 heavy (non-hydrogen) atoms. The fourth-order valence-corrected chi connectivity index (χ4v) is 1.76. The number of hydrogen-bond acceptors (Lipinski definition) is 3. The monoisotopic (exact) mass is 193 g/mol. The lowest BCUT2D eigenvalue weighted by atomic mass is 9.92. The molecule has 0 fully saturated rings. The predicted octanol–water partition coefficient (Wildman–Crippen LogP) is 0.832. The standard InChI is InChI=1S/C11H19N3/c1-2-9-10(8(6-12)7-13)4-3-5-11(9)14/h3-5,8H,2,6-7,12-14H2,1H3. The lowest BCUT2D eigenvalue weighted by molar-refractivity contribution is 0.700. The quantitative estimate of drug-likeness (QED) is 0.620. The number of anilines is 1. The first-order valence-corrected chi connectivity index (χ1v) is 5.02. The lowest BCUT2D eigenvalue weighted by Gasteiger charge is -2.17. The van der Waals surface area contributed by atoms with E-state index in [-0.39, 0.29) is 5.92 Å². The minimum atomic E-state index is 0.230. The van der Waals surface area contributed by atoms with Crippen molar-refractivity contribution in [3.05, 3.63) is 29.3 Å². The zero-order valence-electron chi connectivity index (χ0n) is 8.66. The Morgan fingerprint density at radius 2 is 1.86 bits per heavy atom. The van der Waals surface area contributed by atoms with Crippen LogP contribution in [0.3, 0.4) is 0 Å². The van der Waals surface area contributed by atoms with Crippen molar-refractivity contribution < 1.29 is 0 Å². The Balaban J connectivity index is 3.11. The molecule has 0 bridgehead atoms. The number of nitrogens with two attached hydrogens (primary N) is 3. The van der Waals surface area contributed by atoms with Crippen molar-refractivity contribution in [3.8, 4) is 0 Å². The van der Waals surface area contributed by atoms with Crippen LogP contribution < -0.4 is 17.2 Å². The molecule has 0 saturated heterocycles. The van der Waals surface area contributed by atoms with Crippen LogP contribution in [0, 0.1) is 0 Å². The highest BCUT2D eigenvalue weighted by Crippen LogP contribution is 2.24. The highest BCUT2D eigenvalue weighted by atomic mass is 14.6. The van der Waals surface area contributed by atoms with Gasteiger partial charge in [0.1, 0.15) is 0 Å². The van der Waals surface area contributed by atoms with Gasteiger partial charge in [0, 0.05) is 24.7 Å². The van der Waals surface area contributed by atoms with E-state index in [1.165, 1.54) is 11.1 Å². The summed E-state index contributed by atoms with van der Waals surface area (Å²) in [5.41, 5.74) is 20.5. The van der Waals surface area contributed by atoms with Crippen molar-refractivity contribution in [2.75, 3.05) is 18.8 Å². The van der Waals surface area contributed by atoms with Gasteiger partial charge in [0.05, 0.1) is 0 Å². The Labute approximate surface area is 85.3 Å². The van der Waals surface area contributed by atoms with E-state index in [1.807, 2.05) is 12.1 Å². The molecule has 0 aliphatic carbocycles. The zero-order valence-corrected chi connectivity index (χ0v) is 8.66. The third-order valence-corrected chi connectivity index (χ3v) is 2.61. The van der Waals surface area contributed by atoms with Gasteiger partial charge in [0.15, 0.2) is 0 Å². The molecule has 0 heterocycles. The van der Waals surface area contributed by atoms with Gasteiger partial charge >= 0.3 is 0 Å². The molecule has 0 aliphatic heterocycles. The maximum absolute atomic E-state index is 5.90. The van der Waals surface area contributed by atoms with Crippen LogP contribution in [-0.4, -0.2) is 13.1 Å². The molecule has 0 radical (unpaired) electrons. The first-order chi connectivity index (χ1) is 6.74. The van der Waals surface area contributed by atoms with E-state index in [0.717, 1.165) is 12.1 Å². The van der Waals surface area contributed by atoms with Gasteiger partial charge in [-0.15, -0.1) is 0 Å². The Hall–Kier alpha value is -1.06. The predicted molar refractivity (Wildman–Crippen MR) is 61.1 cm³/mol. The van der Waals surface area contributed by atoms with Crippen LogP contribution in [0.25, 0.3) is 0 Å². The fourth-order valence-electron chi connectivity index (χ4n) is 1.76. The molecule has 0 saturated carbocycles. The smallest absolute Gasteiger partial charge is 0.0349 e. The zero-order chi connectivity index (χ0) is 10.6. The molecule has 1 aromatic rings. The van der Waals surface area contributed by atoms with Crippen molar-refractivity contribution in [2.45, 2.75) is 19.3 Å². The van der Waals surface area contributed by atoms with E-state index in [4.69, 9.17) is 17.2 Å². The summed E-state index contributed by atoms with van der Waals surface area (Å²) in [5, 5.41) is 0. The second-order valence-electron chi connectivity index (χ2n) is 3.44. The van der Waals surface area contributed by atoms with E-state index < -0.39 is 0 Å². The summed E-state index contributed by atoms with van der Waals surface area (Å²) in [6.07, 6.45) is 0.929. The molecule has 6 N–H and O–H groups in total. The van der Waals surface area contributed by atoms with Crippen molar-refractivity contribution in [1.29, 1.82) is 0 Å². The first-order valence-electron chi connectivity index (χ1n) is 5.02. The highest BCUT2D eigenvalue weighted by molar-refractivity contribution is 5.52. The normalized spacial score (nSPS) is 10.9. The highest BCUT2D eigenvalue weighted by Gasteiger charge is 2.12. The molecule has 0 amide bonds. The summed E-state index contributed by atoms with van der Waals surface area (Å²) in [4.78, 5) is 0. The summed E-state index contributed by atoms with van der Waals surface area (Å²) in [6.45, 7) is 3.25. The average molecular weight is 193 g/mol. The van der Waals surface area contributed by atoms with Gasteiger partial charge in [-0.3, -0.25) is 0 Å². The van der Waals surface area contributed by atoms with Crippen molar-refractivity contribution in [1.82, 2.24) is 0 Å². The van der Waals surface area contributed by atoms with Gasteiger partial charge < -0.3 is 17.2 Å². The Bertz CT molecular complexity index is 293. The number of nitrogen functional groups attached to an aromatic ring is 1. The van der Waals surface area contributed by atoms with E-state index in [1.54, 1.807) is 0 Å². The Morgan fingerprint density at radius 1 is 1.21 bits per heavy atom. The molecule has 3 heteroatoms. The van der Waals surface area contributed by atoms with Gasteiger partial charge in [-0.1, -0.05) is 19.1 Å². The summed E-state index contributed by atoms with van der Waals surface area (Å²) in [6, 6.07) is 5.95. The molecular formula is C11H19N3. The van der Waals surface area contributed by atoms with Crippen LogP contribution in [0.2, 0.25) is 0 Å². The minimum absolute atomic E-state index is 0.230. The topological polar surface area (TPSA) is 78.1 Å². The summed E-state index contributed by atoms with van der Waals surface area (Å²) in [5.74, 6) is 0.230. The van der Waals surface area contributed by atoms with E-state index >= 15 is 0 Å². The number of hydrogen-bond donors (Lipinski definition) is 3. The van der Waals surface area contributed by atoms with Crippen molar-refractivity contribution in [2.24, 2.45) is 11.5 Å². The Morgan fingerprint density at radius 3 is 2.36 bits per heavy atom. The maximum atomic E-state index is 5.90. The van der Waals surface area contributed by atoms with Gasteiger partial charge in [0.25, 0.3) is 0 Å². The largest absolute Gasteiger partial charge is 0.398 e. The van der Waals surface area contributed by atoms with E-state index in [0.29, 0.717) is 13.1 Å². The van der Waals surface area contributed by atoms with E-state index in [2.05, 4.69) is 13.0 Å². The number of rotatable bonds is 4. The molecule has 1 rings (SSSR count). The fraction of sp³-hybridized carbons (Fsp3) is 0.455. The lowest BCUT2D eigenvalue weighted by Crippen LogP contribution is -2.22. The SMILES string of the molecule is CCc1c(N)cccc1C(CN)CN. The van der Waals surface area contributed by atoms with Crippen LogP contribution in [0.5, 0.6) is 0 Å². The number of benzene rings is 1. The van der Waals surface area contributed by atoms with Gasteiger partial charge in [0.2, 0.25) is 0 Å². The van der Waals surface area contributed by atoms with Crippen molar-refractivity contribution in [3.63, 3.8) is 0 Å². The first kappa shape index (κ1) is 11.0. The van der Waals surface area contributed by atoms with Crippen LogP contribution in [-0.2, 0) is 6.42 Å². The summed E-state index contributed by atoms with van der Waals surface area (Å²) in [7, 11) is 0. The van der Waals surface area contributed by atoms with Crippen LogP contribution in [0.4, 0.5) is 5.69 Å². The Kier molecular flexibility index (Phi) is 3.92. The van der Waals surface area contributed by atoms with E-state index in [9.17, 15) is 0 Å².